The zero-order valence-electron chi connectivity index (χ0n) is 13.3. The molecule has 1 saturated carbocycles. The molecule has 3 N–H and O–H groups in total. The van der Waals surface area contributed by atoms with E-state index in [4.69, 9.17) is 17.3 Å². The minimum atomic E-state index is -3.59. The third-order valence-corrected chi connectivity index (χ3v) is 7.56. The normalized spacial score (nSPS) is 26.3. The molecule has 3 rings (SSSR count). The van der Waals surface area contributed by atoms with Crippen LogP contribution in [0.1, 0.15) is 17.0 Å². The van der Waals surface area contributed by atoms with Gasteiger partial charge in [-0.15, -0.1) is 0 Å². The lowest BCUT2D eigenvalue weighted by Gasteiger charge is -2.12. The highest BCUT2D eigenvalue weighted by Crippen LogP contribution is 2.63. The van der Waals surface area contributed by atoms with Crippen molar-refractivity contribution in [3.8, 4) is 0 Å². The van der Waals surface area contributed by atoms with Gasteiger partial charge in [-0.3, -0.25) is 0 Å². The van der Waals surface area contributed by atoms with Crippen LogP contribution in [0, 0.1) is 12.3 Å². The van der Waals surface area contributed by atoms with Gasteiger partial charge < -0.3 is 10.8 Å². The maximum atomic E-state index is 13.1. The maximum Gasteiger partial charge on any atom is 0.182 e. The van der Waals surface area contributed by atoms with Crippen LogP contribution in [0.5, 0.6) is 0 Å². The van der Waals surface area contributed by atoms with E-state index in [0.29, 0.717) is 5.02 Å². The zero-order valence-corrected chi connectivity index (χ0v) is 14.9. The number of sulfone groups is 1. The molecule has 0 amide bonds. The van der Waals surface area contributed by atoms with Gasteiger partial charge >= 0.3 is 0 Å². The third kappa shape index (κ3) is 2.65. The van der Waals surface area contributed by atoms with Gasteiger partial charge in [0.25, 0.3) is 0 Å². The second kappa shape index (κ2) is 6.15. The number of benzene rings is 2. The molecule has 1 fully saturated rings. The Hall–Kier alpha value is -1.40. The molecule has 1 aliphatic carbocycles. The van der Waals surface area contributed by atoms with Gasteiger partial charge in [0, 0.05) is 22.9 Å². The van der Waals surface area contributed by atoms with E-state index in [-0.39, 0.29) is 24.0 Å². The van der Waals surface area contributed by atoms with Crippen LogP contribution in [-0.2, 0) is 9.84 Å². The van der Waals surface area contributed by atoms with Crippen LogP contribution < -0.4 is 5.73 Å². The number of nitrogens with two attached hydrogens (primary N) is 1. The molecule has 0 unspecified atom stereocenters. The van der Waals surface area contributed by atoms with Gasteiger partial charge in [0.15, 0.2) is 9.84 Å². The Kier molecular flexibility index (Phi) is 4.47. The van der Waals surface area contributed by atoms with E-state index in [2.05, 4.69) is 0 Å². The van der Waals surface area contributed by atoms with Crippen LogP contribution >= 0.6 is 11.6 Å². The van der Waals surface area contributed by atoms with E-state index in [0.717, 1.165) is 11.1 Å². The van der Waals surface area contributed by atoms with Crippen molar-refractivity contribution in [3.63, 3.8) is 0 Å². The number of hydrogen-bond donors (Lipinski definition) is 2. The van der Waals surface area contributed by atoms with Crippen LogP contribution in [-0.4, -0.2) is 31.9 Å². The summed E-state index contributed by atoms with van der Waals surface area (Å²) in [5.41, 5.74) is 6.85. The molecule has 0 radical (unpaired) electrons. The van der Waals surface area contributed by atoms with Crippen LogP contribution in [0.2, 0.25) is 5.02 Å². The second-order valence-corrected chi connectivity index (χ2v) is 8.91. The van der Waals surface area contributed by atoms with Crippen molar-refractivity contribution in [1.82, 2.24) is 0 Å². The molecule has 0 bridgehead atoms. The molecule has 3 atom stereocenters. The smallest absolute Gasteiger partial charge is 0.182 e. The molecule has 4 nitrogen and oxygen atoms in total. The van der Waals surface area contributed by atoms with Gasteiger partial charge in [-0.1, -0.05) is 41.4 Å². The number of hydrogen-bond acceptors (Lipinski definition) is 4. The standard InChI is InChI=1S/C18H20ClNO3S/c1-12-2-8-15(9-3-12)24(22,23)17-16(18(17,10-20)11-21)13-4-6-14(19)7-5-13/h2-9,16-17,21H,10-11,20H2,1H3/t16-,17-,18-/m1/s1. The first-order valence-electron chi connectivity index (χ1n) is 7.74. The first-order valence-corrected chi connectivity index (χ1v) is 9.66. The Morgan fingerprint density at radius 3 is 2.21 bits per heavy atom. The lowest BCUT2D eigenvalue weighted by atomic mass is 10.0. The molecule has 0 spiro atoms. The van der Waals surface area contributed by atoms with Crippen molar-refractivity contribution in [2.45, 2.75) is 23.0 Å². The lowest BCUT2D eigenvalue weighted by Crippen LogP contribution is -2.27. The number of aliphatic hydroxyl groups is 1. The largest absolute Gasteiger partial charge is 0.396 e. The second-order valence-electron chi connectivity index (χ2n) is 6.40. The summed E-state index contributed by atoms with van der Waals surface area (Å²) in [5.74, 6) is -0.337. The molecule has 0 heterocycles. The van der Waals surface area contributed by atoms with Crippen molar-refractivity contribution in [2.24, 2.45) is 11.1 Å². The first-order chi connectivity index (χ1) is 11.4. The predicted octanol–water partition coefficient (Wildman–Crippen LogP) is 2.53. The van der Waals surface area contributed by atoms with E-state index in [9.17, 15) is 13.5 Å². The van der Waals surface area contributed by atoms with Crippen molar-refractivity contribution in [2.75, 3.05) is 13.2 Å². The third-order valence-electron chi connectivity index (χ3n) is 4.97. The summed E-state index contributed by atoms with van der Waals surface area (Å²) >= 11 is 5.92. The van der Waals surface area contributed by atoms with Crippen molar-refractivity contribution >= 4 is 21.4 Å². The van der Waals surface area contributed by atoms with Crippen molar-refractivity contribution in [1.29, 1.82) is 0 Å². The summed E-state index contributed by atoms with van der Waals surface area (Å²) < 4.78 is 26.2. The average molecular weight is 366 g/mol. The zero-order chi connectivity index (χ0) is 17.5. The Bertz CT molecular complexity index is 828. The minimum absolute atomic E-state index is 0.104. The number of aliphatic hydroxyl groups excluding tert-OH is 1. The molecular formula is C18H20ClNO3S. The minimum Gasteiger partial charge on any atom is -0.396 e. The number of rotatable bonds is 5. The van der Waals surface area contributed by atoms with Crippen LogP contribution in [0.4, 0.5) is 0 Å². The molecule has 0 saturated heterocycles. The van der Waals surface area contributed by atoms with Crippen LogP contribution in [0.25, 0.3) is 0 Å². The van der Waals surface area contributed by atoms with Crippen LogP contribution in [0.15, 0.2) is 53.4 Å². The van der Waals surface area contributed by atoms with E-state index in [1.54, 1.807) is 48.5 Å². The predicted molar refractivity (Wildman–Crippen MR) is 94.9 cm³/mol. The van der Waals surface area contributed by atoms with E-state index in [1.807, 2.05) is 6.92 Å². The van der Waals surface area contributed by atoms with Crippen molar-refractivity contribution in [3.05, 3.63) is 64.7 Å². The lowest BCUT2D eigenvalue weighted by molar-refractivity contribution is 0.212. The summed E-state index contributed by atoms with van der Waals surface area (Å²) in [6.45, 7) is 1.74. The topological polar surface area (TPSA) is 80.4 Å². The monoisotopic (exact) mass is 365 g/mol. The van der Waals surface area contributed by atoms with Gasteiger partial charge in [-0.2, -0.15) is 0 Å². The number of halogens is 1. The molecule has 6 heteroatoms. The Labute approximate surface area is 147 Å². The Morgan fingerprint density at radius 1 is 1.12 bits per heavy atom. The highest BCUT2D eigenvalue weighted by atomic mass is 35.5. The highest BCUT2D eigenvalue weighted by Gasteiger charge is 2.70. The van der Waals surface area contributed by atoms with Gasteiger partial charge in [0.05, 0.1) is 16.8 Å². The van der Waals surface area contributed by atoms with E-state index in [1.165, 1.54) is 0 Å². The molecular weight excluding hydrogens is 346 g/mol. The van der Waals surface area contributed by atoms with E-state index >= 15 is 0 Å². The summed E-state index contributed by atoms with van der Waals surface area (Å²) in [4.78, 5) is 0.265. The van der Waals surface area contributed by atoms with Gasteiger partial charge in [0.1, 0.15) is 0 Å². The highest BCUT2D eigenvalue weighted by molar-refractivity contribution is 7.92. The Balaban J connectivity index is 2.04. The van der Waals surface area contributed by atoms with Gasteiger partial charge in [0.2, 0.25) is 0 Å². The fraction of sp³-hybridized carbons (Fsp3) is 0.333. The SMILES string of the molecule is Cc1ccc(S(=O)(=O)[C@@H]2[C@@H](c3ccc(Cl)cc3)[C@@]2(CN)CO)cc1. The first kappa shape index (κ1) is 17.4. The maximum absolute atomic E-state index is 13.1. The summed E-state index contributed by atoms with van der Waals surface area (Å²) in [7, 11) is -3.59. The van der Waals surface area contributed by atoms with E-state index < -0.39 is 20.5 Å². The van der Waals surface area contributed by atoms with Gasteiger partial charge in [-0.25, -0.2) is 8.42 Å². The summed E-state index contributed by atoms with van der Waals surface area (Å²) in [5, 5.41) is 9.75. The molecule has 0 aromatic heterocycles. The van der Waals surface area contributed by atoms with Gasteiger partial charge in [-0.05, 0) is 36.8 Å². The molecule has 128 valence electrons. The molecule has 1 aliphatic rings. The fourth-order valence-corrected chi connectivity index (χ4v) is 6.07. The average Bonchev–Trinajstić information content (AvgIpc) is 3.26. The number of aryl methyl sites for hydroxylation is 1. The summed E-state index contributed by atoms with van der Waals surface area (Å²) in [6.07, 6.45) is 0. The van der Waals surface area contributed by atoms with Crippen LogP contribution in [0.3, 0.4) is 0 Å². The molecule has 24 heavy (non-hydrogen) atoms. The molecule has 2 aromatic carbocycles. The summed E-state index contributed by atoms with van der Waals surface area (Å²) in [6, 6.07) is 13.8. The fourth-order valence-electron chi connectivity index (χ4n) is 3.49. The Morgan fingerprint density at radius 2 is 1.71 bits per heavy atom. The quantitative estimate of drug-likeness (QED) is 0.853. The molecule has 0 aliphatic heterocycles. The molecule has 2 aromatic rings. The van der Waals surface area contributed by atoms with Crippen molar-refractivity contribution < 1.29 is 13.5 Å².